The van der Waals surface area contributed by atoms with Crippen LogP contribution in [0.2, 0.25) is 0 Å². The number of hydrogen-bond acceptors (Lipinski definition) is 2. The Morgan fingerprint density at radius 3 is 2.64 bits per heavy atom. The lowest BCUT2D eigenvalue weighted by atomic mass is 9.48. The maximum atomic E-state index is 11.0. The summed E-state index contributed by atoms with van der Waals surface area (Å²) in [6.45, 7) is 12.5. The molecule has 2 unspecified atom stereocenters. The van der Waals surface area contributed by atoms with Gasteiger partial charge >= 0.3 is 0 Å². The largest absolute Gasteiger partial charge is 0.461 e. The quantitative estimate of drug-likeness (QED) is 0.597. The number of carbonyl (C=O) groups is 1. The van der Waals surface area contributed by atoms with E-state index in [4.69, 9.17) is 4.74 Å². The monoisotopic (exact) mass is 308 g/mol. The predicted molar refractivity (Wildman–Crippen MR) is 91.6 cm³/mol. The molecule has 0 aromatic rings. The van der Waals surface area contributed by atoms with E-state index in [0.29, 0.717) is 17.8 Å². The normalized spacial score (nSPS) is 43.2. The molecular weight excluding hydrogens is 272 g/mol. The van der Waals surface area contributed by atoms with E-state index >= 15 is 0 Å². The van der Waals surface area contributed by atoms with Crippen molar-refractivity contribution in [2.75, 3.05) is 0 Å². The average molecular weight is 309 g/mol. The fraction of sp³-hybridized carbons (Fsp3) is 0.950. The van der Waals surface area contributed by atoms with Crippen LogP contribution >= 0.6 is 0 Å². The van der Waals surface area contributed by atoms with Gasteiger partial charge in [-0.15, -0.1) is 0 Å². The Labute approximate surface area is 137 Å². The van der Waals surface area contributed by atoms with Crippen LogP contribution in [0.3, 0.4) is 0 Å². The van der Waals surface area contributed by atoms with Gasteiger partial charge in [0.1, 0.15) is 5.60 Å². The molecule has 0 aromatic carbocycles. The van der Waals surface area contributed by atoms with Gasteiger partial charge in [0.15, 0.2) is 0 Å². The summed E-state index contributed by atoms with van der Waals surface area (Å²) in [7, 11) is 0. The Morgan fingerprint density at radius 1 is 1.27 bits per heavy atom. The van der Waals surface area contributed by atoms with Crippen LogP contribution in [-0.2, 0) is 9.53 Å². The fourth-order valence-corrected chi connectivity index (χ4v) is 5.76. The fourth-order valence-electron chi connectivity index (χ4n) is 5.76. The van der Waals surface area contributed by atoms with Crippen molar-refractivity contribution in [2.45, 2.75) is 91.6 Å². The summed E-state index contributed by atoms with van der Waals surface area (Å²) < 4.78 is 5.65. The maximum Gasteiger partial charge on any atom is 0.293 e. The Balaban J connectivity index is 2.20. The van der Waals surface area contributed by atoms with Crippen LogP contribution in [-0.4, -0.2) is 12.1 Å². The van der Waals surface area contributed by atoms with Gasteiger partial charge in [0.25, 0.3) is 6.47 Å². The van der Waals surface area contributed by atoms with E-state index in [1.807, 2.05) is 0 Å². The summed E-state index contributed by atoms with van der Waals surface area (Å²) in [5.41, 5.74) is 0.116. The third kappa shape index (κ3) is 3.21. The summed E-state index contributed by atoms with van der Waals surface area (Å²) in [6.07, 6.45) is 10.0. The molecule has 2 heteroatoms. The van der Waals surface area contributed by atoms with Crippen molar-refractivity contribution in [3.05, 3.63) is 0 Å². The van der Waals surface area contributed by atoms with Gasteiger partial charge < -0.3 is 4.74 Å². The van der Waals surface area contributed by atoms with Crippen LogP contribution < -0.4 is 0 Å². The molecular formula is C20H36O2. The van der Waals surface area contributed by atoms with Gasteiger partial charge in [-0.2, -0.15) is 0 Å². The van der Waals surface area contributed by atoms with Crippen molar-refractivity contribution >= 4 is 6.47 Å². The number of ether oxygens (including phenoxy) is 1. The second-order valence-electron chi connectivity index (χ2n) is 8.69. The summed E-state index contributed by atoms with van der Waals surface area (Å²) in [5.74, 6) is 2.97. The number of hydrogen-bond donors (Lipinski definition) is 0. The minimum Gasteiger partial charge on any atom is -0.461 e. The van der Waals surface area contributed by atoms with Gasteiger partial charge in [-0.1, -0.05) is 40.5 Å². The molecule has 6 atom stereocenters. The second kappa shape index (κ2) is 6.93. The highest BCUT2D eigenvalue weighted by molar-refractivity contribution is 5.38. The van der Waals surface area contributed by atoms with Crippen LogP contribution in [0.15, 0.2) is 0 Å². The van der Waals surface area contributed by atoms with Gasteiger partial charge in [-0.25, -0.2) is 0 Å². The van der Waals surface area contributed by atoms with Gasteiger partial charge in [0.05, 0.1) is 0 Å². The first kappa shape index (κ1) is 17.8. The van der Waals surface area contributed by atoms with Crippen LogP contribution in [0.5, 0.6) is 0 Å². The molecule has 2 aliphatic carbocycles. The maximum absolute atomic E-state index is 11.0. The first-order valence-electron chi connectivity index (χ1n) is 9.49. The van der Waals surface area contributed by atoms with Crippen LogP contribution in [0.25, 0.3) is 0 Å². The van der Waals surface area contributed by atoms with Crippen molar-refractivity contribution in [3.63, 3.8) is 0 Å². The predicted octanol–water partition coefficient (Wildman–Crippen LogP) is 5.60. The van der Waals surface area contributed by atoms with Crippen molar-refractivity contribution in [3.8, 4) is 0 Å². The molecule has 2 aliphatic rings. The molecule has 0 bridgehead atoms. The Kier molecular flexibility index (Phi) is 5.61. The molecule has 2 saturated carbocycles. The molecule has 0 N–H and O–H groups in total. The van der Waals surface area contributed by atoms with E-state index in [2.05, 4.69) is 34.6 Å². The molecule has 0 amide bonds. The molecule has 2 rings (SSSR count). The topological polar surface area (TPSA) is 26.3 Å². The van der Waals surface area contributed by atoms with Gasteiger partial charge in [0.2, 0.25) is 0 Å². The number of rotatable bonds is 6. The Bertz CT molecular complexity index is 380. The smallest absolute Gasteiger partial charge is 0.293 e. The zero-order valence-electron chi connectivity index (χ0n) is 15.4. The highest BCUT2D eigenvalue weighted by atomic mass is 16.5. The summed E-state index contributed by atoms with van der Waals surface area (Å²) >= 11 is 0. The zero-order chi connectivity index (χ0) is 16.4. The standard InChI is InChI=1S/C20H36O2/c1-6-15(2)8-10-17-16(3)9-11-18-19(17,4)12-7-13-20(18,5)22-14-21/h14-18H,6-13H2,1-5H3/t15?,16-,17-,18?,19+,20-/m0/s1. The van der Waals surface area contributed by atoms with Crippen molar-refractivity contribution in [1.82, 2.24) is 0 Å². The summed E-state index contributed by atoms with van der Waals surface area (Å²) in [4.78, 5) is 11.0. The van der Waals surface area contributed by atoms with E-state index in [1.165, 1.54) is 44.9 Å². The third-order valence-electron chi connectivity index (χ3n) is 7.35. The molecule has 0 radical (unpaired) electrons. The van der Waals surface area contributed by atoms with E-state index in [-0.39, 0.29) is 5.60 Å². The molecule has 0 saturated heterocycles. The highest BCUT2D eigenvalue weighted by Crippen LogP contribution is 2.60. The minimum absolute atomic E-state index is 0.233. The molecule has 2 nitrogen and oxygen atoms in total. The first-order chi connectivity index (χ1) is 10.4. The lowest BCUT2D eigenvalue weighted by Gasteiger charge is -2.59. The van der Waals surface area contributed by atoms with Gasteiger partial charge in [0, 0.05) is 5.92 Å². The SMILES string of the molecule is CCC(C)CC[C@H]1[C@@H](C)CCC2[C@]1(C)CCC[C@]2(C)OC=O. The Morgan fingerprint density at radius 2 is 2.00 bits per heavy atom. The lowest BCUT2D eigenvalue weighted by molar-refractivity contribution is -0.181. The molecule has 0 heterocycles. The minimum atomic E-state index is -0.233. The van der Waals surface area contributed by atoms with Gasteiger partial charge in [-0.05, 0) is 68.6 Å². The van der Waals surface area contributed by atoms with E-state index < -0.39 is 0 Å². The van der Waals surface area contributed by atoms with Crippen LogP contribution in [0.4, 0.5) is 0 Å². The second-order valence-corrected chi connectivity index (χ2v) is 8.69. The van der Waals surface area contributed by atoms with Crippen molar-refractivity contribution in [1.29, 1.82) is 0 Å². The summed E-state index contributed by atoms with van der Waals surface area (Å²) in [5, 5.41) is 0. The third-order valence-corrected chi connectivity index (χ3v) is 7.35. The zero-order valence-corrected chi connectivity index (χ0v) is 15.4. The van der Waals surface area contributed by atoms with E-state index in [0.717, 1.165) is 24.2 Å². The number of carbonyl (C=O) groups excluding carboxylic acids is 1. The first-order valence-corrected chi connectivity index (χ1v) is 9.49. The molecule has 0 aliphatic heterocycles. The average Bonchev–Trinajstić information content (AvgIpc) is 2.46. The molecule has 0 spiro atoms. The molecule has 2 fully saturated rings. The van der Waals surface area contributed by atoms with E-state index in [1.54, 1.807) is 0 Å². The summed E-state index contributed by atoms with van der Waals surface area (Å²) in [6, 6.07) is 0. The molecule has 0 aromatic heterocycles. The number of fused-ring (bicyclic) bond motifs is 1. The van der Waals surface area contributed by atoms with Crippen LogP contribution in [0, 0.1) is 29.1 Å². The van der Waals surface area contributed by atoms with Gasteiger partial charge in [-0.3, -0.25) is 4.79 Å². The van der Waals surface area contributed by atoms with E-state index in [9.17, 15) is 4.79 Å². The lowest BCUT2D eigenvalue weighted by Crippen LogP contribution is -2.56. The van der Waals surface area contributed by atoms with Crippen LogP contribution in [0.1, 0.15) is 86.0 Å². The molecule has 128 valence electrons. The Hall–Kier alpha value is -0.530. The molecule has 22 heavy (non-hydrogen) atoms. The van der Waals surface area contributed by atoms with Crippen molar-refractivity contribution in [2.24, 2.45) is 29.1 Å². The van der Waals surface area contributed by atoms with Crippen molar-refractivity contribution < 1.29 is 9.53 Å². The highest BCUT2D eigenvalue weighted by Gasteiger charge is 2.56.